The predicted molar refractivity (Wildman–Crippen MR) is 125 cm³/mol. The van der Waals surface area contributed by atoms with Crippen LogP contribution in [-0.4, -0.2) is 74.0 Å². The molecule has 9 heteroatoms. The second-order valence-electron chi connectivity index (χ2n) is 8.03. The van der Waals surface area contributed by atoms with Crippen LogP contribution in [0.1, 0.15) is 24.1 Å². The van der Waals surface area contributed by atoms with Crippen LogP contribution in [0, 0.1) is 0 Å². The molecule has 0 aromatic heterocycles. The van der Waals surface area contributed by atoms with Gasteiger partial charge in [-0.2, -0.15) is 0 Å². The molecule has 0 radical (unpaired) electrons. The van der Waals surface area contributed by atoms with E-state index >= 15 is 0 Å². The number of carbonyl (C=O) groups excluding carboxylic acids is 3. The van der Waals surface area contributed by atoms with E-state index in [9.17, 15) is 19.5 Å². The summed E-state index contributed by atoms with van der Waals surface area (Å²) < 4.78 is 15.8. The quantitative estimate of drug-likeness (QED) is 0.207. The average molecular weight is 469 g/mol. The van der Waals surface area contributed by atoms with Crippen LogP contribution < -0.4 is 14.2 Å². The Labute approximate surface area is 198 Å². The lowest BCUT2D eigenvalue weighted by Crippen LogP contribution is -2.35. The fourth-order valence-electron chi connectivity index (χ4n) is 3.82. The van der Waals surface area contributed by atoms with Gasteiger partial charge in [-0.3, -0.25) is 14.4 Å². The number of likely N-dealkylation sites (tertiary alicyclic amines) is 1. The van der Waals surface area contributed by atoms with Crippen molar-refractivity contribution in [2.24, 2.45) is 0 Å². The Morgan fingerprint density at radius 2 is 1.79 bits per heavy atom. The zero-order chi connectivity index (χ0) is 25.0. The number of nitrogens with zero attached hydrogens (tertiary/aromatic N) is 2. The zero-order valence-electron chi connectivity index (χ0n) is 19.8. The van der Waals surface area contributed by atoms with Crippen molar-refractivity contribution in [1.29, 1.82) is 0 Å². The zero-order valence-corrected chi connectivity index (χ0v) is 19.8. The first-order valence-corrected chi connectivity index (χ1v) is 10.6. The van der Waals surface area contributed by atoms with Gasteiger partial charge in [0, 0.05) is 20.0 Å². The number of methoxy groups -OCH3 is 2. The van der Waals surface area contributed by atoms with Gasteiger partial charge in [0.1, 0.15) is 23.0 Å². The Kier molecular flexibility index (Phi) is 7.57. The Morgan fingerprint density at radius 3 is 2.41 bits per heavy atom. The van der Waals surface area contributed by atoms with E-state index < -0.39 is 23.7 Å². The molecular formula is C25H28N2O7. The van der Waals surface area contributed by atoms with Crippen molar-refractivity contribution in [2.45, 2.75) is 13.0 Å². The van der Waals surface area contributed by atoms with E-state index in [0.717, 1.165) is 0 Å². The molecule has 34 heavy (non-hydrogen) atoms. The summed E-state index contributed by atoms with van der Waals surface area (Å²) in [6, 6.07) is 10.4. The summed E-state index contributed by atoms with van der Waals surface area (Å²) in [5, 5.41) is 11.3. The molecule has 180 valence electrons. The third-order valence-electron chi connectivity index (χ3n) is 5.43. The lowest BCUT2D eigenvalue weighted by molar-refractivity contribution is -0.140. The maximum absolute atomic E-state index is 13.2. The molecule has 9 nitrogen and oxygen atoms in total. The van der Waals surface area contributed by atoms with E-state index in [1.54, 1.807) is 36.4 Å². The topological polar surface area (TPSA) is 106 Å². The Bertz CT molecular complexity index is 1140. The summed E-state index contributed by atoms with van der Waals surface area (Å²) in [5.41, 5.74) is 0.643. The van der Waals surface area contributed by atoms with Crippen LogP contribution >= 0.6 is 0 Å². The Morgan fingerprint density at radius 1 is 1.06 bits per heavy atom. The number of Topliss-reactive ketones (excluding diaryl/α,β-unsaturated/α-hetero) is 1. The van der Waals surface area contributed by atoms with Crippen molar-refractivity contribution in [3.63, 3.8) is 0 Å². The summed E-state index contributed by atoms with van der Waals surface area (Å²) in [7, 11) is 6.63. The van der Waals surface area contributed by atoms with Crippen molar-refractivity contribution < 1.29 is 33.7 Å². The van der Waals surface area contributed by atoms with Crippen molar-refractivity contribution >= 4 is 23.4 Å². The van der Waals surface area contributed by atoms with Crippen molar-refractivity contribution in [2.75, 3.05) is 41.4 Å². The van der Waals surface area contributed by atoms with E-state index in [2.05, 4.69) is 0 Å². The maximum Gasteiger partial charge on any atom is 0.308 e. The third-order valence-corrected chi connectivity index (χ3v) is 5.43. The number of rotatable bonds is 8. The highest BCUT2D eigenvalue weighted by molar-refractivity contribution is 6.46. The van der Waals surface area contributed by atoms with Crippen LogP contribution in [0.15, 0.2) is 48.0 Å². The minimum absolute atomic E-state index is 0.0877. The highest BCUT2D eigenvalue weighted by atomic mass is 16.5. The number of benzene rings is 2. The number of ether oxygens (including phenoxy) is 3. The van der Waals surface area contributed by atoms with Gasteiger partial charge in [0.15, 0.2) is 0 Å². The first-order valence-electron chi connectivity index (χ1n) is 10.6. The highest BCUT2D eigenvalue weighted by Crippen LogP contribution is 2.42. The summed E-state index contributed by atoms with van der Waals surface area (Å²) in [5.74, 6) is -1.41. The minimum Gasteiger partial charge on any atom is -0.507 e. The van der Waals surface area contributed by atoms with E-state index in [-0.39, 0.29) is 29.2 Å². The molecule has 0 saturated carbocycles. The second-order valence-corrected chi connectivity index (χ2v) is 8.03. The smallest absolute Gasteiger partial charge is 0.308 e. The molecule has 0 bridgehead atoms. The van der Waals surface area contributed by atoms with Crippen LogP contribution in [0.5, 0.6) is 17.2 Å². The molecule has 2 aromatic rings. The molecule has 1 heterocycles. The fourth-order valence-corrected chi connectivity index (χ4v) is 3.82. The minimum atomic E-state index is -0.897. The number of esters is 1. The first kappa shape index (κ1) is 24.8. The average Bonchev–Trinajstić information content (AvgIpc) is 3.06. The van der Waals surface area contributed by atoms with Gasteiger partial charge >= 0.3 is 5.97 Å². The number of aliphatic hydroxyl groups excluding tert-OH is 1. The van der Waals surface area contributed by atoms with Crippen LogP contribution in [0.25, 0.3) is 5.76 Å². The molecule has 1 aliphatic rings. The summed E-state index contributed by atoms with van der Waals surface area (Å²) in [6.07, 6.45) is 0. The van der Waals surface area contributed by atoms with Gasteiger partial charge in [0.2, 0.25) is 0 Å². The predicted octanol–water partition coefficient (Wildman–Crippen LogP) is 2.61. The molecular weight excluding hydrogens is 440 g/mol. The van der Waals surface area contributed by atoms with Crippen molar-refractivity contribution in [1.82, 2.24) is 9.80 Å². The van der Waals surface area contributed by atoms with Gasteiger partial charge in [-0.1, -0.05) is 12.1 Å². The van der Waals surface area contributed by atoms with Crippen LogP contribution in [0.4, 0.5) is 0 Å². The number of amides is 1. The molecule has 1 amide bonds. The first-order chi connectivity index (χ1) is 16.2. The van der Waals surface area contributed by atoms with Crippen molar-refractivity contribution in [3.05, 3.63) is 59.2 Å². The number of likely N-dealkylation sites (N-methyl/N-ethyl adjacent to an activating group) is 1. The molecule has 3 rings (SSSR count). The summed E-state index contributed by atoms with van der Waals surface area (Å²) in [4.78, 5) is 41.0. The van der Waals surface area contributed by atoms with Crippen LogP contribution in [0.2, 0.25) is 0 Å². The van der Waals surface area contributed by atoms with E-state index in [1.165, 1.54) is 32.1 Å². The van der Waals surface area contributed by atoms with E-state index in [0.29, 0.717) is 23.6 Å². The van der Waals surface area contributed by atoms with E-state index in [1.807, 2.05) is 19.0 Å². The molecule has 1 N–H and O–H groups in total. The van der Waals surface area contributed by atoms with E-state index in [4.69, 9.17) is 14.2 Å². The van der Waals surface area contributed by atoms with Gasteiger partial charge < -0.3 is 29.1 Å². The van der Waals surface area contributed by atoms with Crippen molar-refractivity contribution in [3.8, 4) is 17.2 Å². The second kappa shape index (κ2) is 10.4. The van der Waals surface area contributed by atoms with Gasteiger partial charge in [-0.15, -0.1) is 0 Å². The monoisotopic (exact) mass is 468 g/mol. The maximum atomic E-state index is 13.2. The fraction of sp³-hybridized carbons (Fsp3) is 0.320. The van der Waals surface area contributed by atoms with Crippen LogP contribution in [-0.2, 0) is 14.4 Å². The number of hydrogen-bond acceptors (Lipinski definition) is 8. The molecule has 1 atom stereocenters. The SMILES string of the molecule is COc1ccc(OC)c(/C(O)=C2\C(=O)C(=O)N(CCN(C)C)C2c2cccc(OC(C)=O)c2)c1. The van der Waals surface area contributed by atoms with Gasteiger partial charge in [0.05, 0.1) is 31.4 Å². The van der Waals surface area contributed by atoms with Gasteiger partial charge in [0.25, 0.3) is 11.7 Å². The number of hydrogen-bond donors (Lipinski definition) is 1. The lowest BCUT2D eigenvalue weighted by atomic mass is 9.94. The molecule has 1 saturated heterocycles. The lowest BCUT2D eigenvalue weighted by Gasteiger charge is -2.27. The largest absolute Gasteiger partial charge is 0.507 e. The molecule has 1 unspecified atom stereocenters. The Balaban J connectivity index is 2.22. The number of aliphatic hydroxyl groups is 1. The third kappa shape index (κ3) is 5.04. The molecule has 1 fully saturated rings. The molecule has 1 aliphatic heterocycles. The highest BCUT2D eigenvalue weighted by Gasteiger charge is 2.46. The summed E-state index contributed by atoms with van der Waals surface area (Å²) in [6.45, 7) is 2.02. The van der Waals surface area contributed by atoms with Gasteiger partial charge in [-0.05, 0) is 50.0 Å². The molecule has 2 aromatic carbocycles. The number of carbonyl (C=O) groups is 3. The van der Waals surface area contributed by atoms with Crippen LogP contribution in [0.3, 0.4) is 0 Å². The molecule has 0 spiro atoms. The Hall–Kier alpha value is -3.85. The molecule has 0 aliphatic carbocycles. The summed E-state index contributed by atoms with van der Waals surface area (Å²) >= 11 is 0. The normalized spacial score (nSPS) is 17.2. The van der Waals surface area contributed by atoms with Gasteiger partial charge in [-0.25, -0.2) is 0 Å². The number of ketones is 1. The standard InChI is InChI=1S/C25H28N2O7/c1-15(28)34-18-8-6-7-16(13-18)22-21(24(30)25(31)27(22)12-11-26(2)3)23(29)19-14-17(32-4)9-10-20(19)33-5/h6-10,13-14,22,29H,11-12H2,1-5H3/b23-21+.